The maximum absolute atomic E-state index is 13.7. The number of hydrogen-bond acceptors (Lipinski definition) is 11. The van der Waals surface area contributed by atoms with Crippen molar-refractivity contribution in [1.29, 1.82) is 21.0 Å². The molecule has 5 heterocycles. The van der Waals surface area contributed by atoms with Gasteiger partial charge in [0.1, 0.15) is 33.6 Å². The Hall–Kier alpha value is -4.60. The number of nitriles is 4. The first-order valence-corrected chi connectivity index (χ1v) is 22.8. The molecule has 55 heavy (non-hydrogen) atoms. The Labute approximate surface area is 336 Å². The van der Waals surface area contributed by atoms with Crippen molar-refractivity contribution in [3.63, 3.8) is 0 Å². The van der Waals surface area contributed by atoms with E-state index in [1.807, 2.05) is 72.1 Å². The molecule has 274 valence electrons. The van der Waals surface area contributed by atoms with Crippen molar-refractivity contribution in [2.75, 3.05) is 0 Å². The van der Waals surface area contributed by atoms with Crippen LogP contribution in [0, 0.1) is 45.3 Å². The molecule has 0 aromatic carbocycles. The van der Waals surface area contributed by atoms with Crippen LogP contribution < -0.4 is 29.5 Å². The largest absolute Gasteiger partial charge is 0.298 e. The van der Waals surface area contributed by atoms with E-state index in [0.717, 1.165) is 51.4 Å². The molecule has 0 unspecified atom stereocenters. The zero-order chi connectivity index (χ0) is 38.2. The maximum Gasteiger partial charge on any atom is 0.269 e. The summed E-state index contributed by atoms with van der Waals surface area (Å²) in [5, 5.41) is 38.5. The summed E-state index contributed by atoms with van der Waals surface area (Å²) in [4.78, 5) is 29.9. The molecule has 0 atom stereocenters. The van der Waals surface area contributed by atoms with E-state index in [9.17, 15) is 30.6 Å². The van der Waals surface area contributed by atoms with Gasteiger partial charge in [-0.25, -0.2) is 0 Å². The van der Waals surface area contributed by atoms with E-state index in [2.05, 4.69) is 24.3 Å². The van der Waals surface area contributed by atoms with Gasteiger partial charge in [-0.2, -0.15) is 21.0 Å². The van der Waals surface area contributed by atoms with Crippen molar-refractivity contribution < 1.29 is 0 Å². The van der Waals surface area contributed by atoms with Crippen LogP contribution in [-0.2, 0) is 23.9 Å². The third-order valence-corrected chi connectivity index (χ3v) is 18.3. The summed E-state index contributed by atoms with van der Waals surface area (Å²) in [7, 11) is 0. The Morgan fingerprint density at radius 2 is 0.982 bits per heavy atom. The van der Waals surface area contributed by atoms with Gasteiger partial charge in [-0.3, -0.25) is 18.7 Å². The Kier molecular flexibility index (Phi) is 8.89. The van der Waals surface area contributed by atoms with Crippen molar-refractivity contribution in [1.82, 2.24) is 9.13 Å². The van der Waals surface area contributed by atoms with Gasteiger partial charge in [0.15, 0.2) is 11.1 Å². The standard InChI is InChI=1S/C42H34N6O2S5/c1-3-47-37(49)29(53-39(47)23(19-43)20-44)17-25-15-27-31(41(25)11-7-5-8-12-41)33-35(51-27)36-34(55-33)32-28(52-36)16-26(42(32)13-9-6-10-14-42)18-30-38(50)48(4-2)40(54-30)24(21-45)22-46/h15-18H,3-14H2,1-2H3/b29-17-,30-18-. The number of aromatic nitrogens is 2. The van der Waals surface area contributed by atoms with Gasteiger partial charge >= 0.3 is 0 Å². The molecule has 9 rings (SSSR count). The van der Waals surface area contributed by atoms with Crippen LogP contribution in [0.1, 0.15) is 98.9 Å². The van der Waals surface area contributed by atoms with Crippen LogP contribution in [0.5, 0.6) is 0 Å². The molecule has 0 aliphatic heterocycles. The van der Waals surface area contributed by atoms with E-state index in [4.69, 9.17) is 0 Å². The topological polar surface area (TPSA) is 139 Å². The molecular weight excluding hydrogens is 781 g/mol. The van der Waals surface area contributed by atoms with E-state index in [-0.39, 0.29) is 33.1 Å². The smallest absolute Gasteiger partial charge is 0.269 e. The fourth-order valence-electron chi connectivity index (χ4n) is 9.67. The highest BCUT2D eigenvalue weighted by molar-refractivity contribution is 7.39. The van der Waals surface area contributed by atoms with Gasteiger partial charge in [0, 0.05) is 33.7 Å². The first-order valence-electron chi connectivity index (χ1n) is 18.8. The third-order valence-electron chi connectivity index (χ3n) is 12.1. The lowest BCUT2D eigenvalue weighted by Gasteiger charge is -2.36. The van der Waals surface area contributed by atoms with Crippen molar-refractivity contribution in [2.24, 2.45) is 0 Å². The number of thiazole rings is 2. The predicted molar refractivity (Wildman–Crippen MR) is 226 cm³/mol. The van der Waals surface area contributed by atoms with Crippen LogP contribution in [0.25, 0.3) is 54.2 Å². The monoisotopic (exact) mass is 814 g/mol. The average Bonchev–Trinajstić information content (AvgIpc) is 4.04. The molecule has 13 heteroatoms. The van der Waals surface area contributed by atoms with Gasteiger partial charge in [-0.15, -0.1) is 56.7 Å². The summed E-state index contributed by atoms with van der Waals surface area (Å²) in [6.07, 6.45) is 19.7. The number of rotatable bonds is 4. The molecule has 0 radical (unpaired) electrons. The second kappa shape index (κ2) is 13.6. The number of thiophene rings is 3. The Morgan fingerprint density at radius 3 is 1.33 bits per heavy atom. The van der Waals surface area contributed by atoms with E-state index < -0.39 is 0 Å². The summed E-state index contributed by atoms with van der Waals surface area (Å²) in [6.45, 7) is 4.52. The number of hydrogen-bond donors (Lipinski definition) is 0. The van der Waals surface area contributed by atoms with Crippen LogP contribution >= 0.6 is 56.7 Å². The molecule has 8 nitrogen and oxygen atoms in total. The highest BCUT2D eigenvalue weighted by Gasteiger charge is 2.47. The Balaban J connectivity index is 1.22. The quantitative estimate of drug-likeness (QED) is 0.188. The second-order valence-electron chi connectivity index (χ2n) is 14.7. The van der Waals surface area contributed by atoms with E-state index in [1.54, 1.807) is 9.13 Å². The molecule has 0 bridgehead atoms. The summed E-state index contributed by atoms with van der Waals surface area (Å²) in [6, 6.07) is 7.94. The zero-order valence-electron chi connectivity index (χ0n) is 30.3. The molecule has 0 amide bonds. The fourth-order valence-corrected chi connectivity index (χ4v) is 16.7. The molecular formula is C42H34N6O2S5. The summed E-state index contributed by atoms with van der Waals surface area (Å²) in [5.74, 6) is 0. The van der Waals surface area contributed by atoms with Gasteiger partial charge in [0.2, 0.25) is 0 Å². The van der Waals surface area contributed by atoms with Crippen LogP contribution in [0.2, 0.25) is 0 Å². The lowest BCUT2D eigenvalue weighted by Crippen LogP contribution is -2.33. The molecule has 0 saturated heterocycles. The molecule has 0 N–H and O–H groups in total. The molecule has 4 aliphatic rings. The highest BCUT2D eigenvalue weighted by atomic mass is 32.1. The van der Waals surface area contributed by atoms with Crippen LogP contribution in [0.4, 0.5) is 0 Å². The minimum atomic E-state index is -0.189. The van der Waals surface area contributed by atoms with Crippen molar-refractivity contribution in [3.8, 4) is 24.3 Å². The van der Waals surface area contributed by atoms with Crippen LogP contribution in [0.15, 0.2) is 20.7 Å². The van der Waals surface area contributed by atoms with Gasteiger partial charge in [-0.05, 0) is 86.1 Å². The van der Waals surface area contributed by atoms with Crippen LogP contribution in [-0.4, -0.2) is 9.13 Å². The van der Waals surface area contributed by atoms with Gasteiger partial charge in [0.25, 0.3) is 11.1 Å². The van der Waals surface area contributed by atoms with Crippen LogP contribution in [0.3, 0.4) is 0 Å². The summed E-state index contributed by atoms with van der Waals surface area (Å²) in [5.41, 5.74) is 4.44. The minimum absolute atomic E-state index is 0.0294. The van der Waals surface area contributed by atoms with Crippen molar-refractivity contribution in [3.05, 3.63) is 71.1 Å². The Bertz CT molecular complexity index is 2890. The fraction of sp³-hybridized carbons (Fsp3) is 0.381. The Morgan fingerprint density at radius 1 is 0.600 bits per heavy atom. The predicted octanol–water partition coefficient (Wildman–Crippen LogP) is 7.22. The number of nitrogens with zero attached hydrogens (tertiary/aromatic N) is 6. The maximum atomic E-state index is 13.7. The van der Waals surface area contributed by atoms with Crippen molar-refractivity contribution in [2.45, 2.75) is 102 Å². The third kappa shape index (κ3) is 5.11. The lowest BCUT2D eigenvalue weighted by atomic mass is 9.67. The lowest BCUT2D eigenvalue weighted by molar-refractivity contribution is 0.356. The molecule has 5 aromatic rings. The van der Waals surface area contributed by atoms with Gasteiger partial charge in [-0.1, -0.05) is 38.5 Å². The van der Waals surface area contributed by atoms with E-state index in [1.165, 1.54) is 86.3 Å². The van der Waals surface area contributed by atoms with Crippen molar-refractivity contribution >= 4 is 111 Å². The first-order chi connectivity index (χ1) is 26.8. The summed E-state index contributed by atoms with van der Waals surface area (Å²) < 4.78 is 10.5. The van der Waals surface area contributed by atoms with E-state index in [0.29, 0.717) is 31.5 Å². The SMILES string of the molecule is CCn1c(=C(C#N)C#N)s/c(=C\C2=Cc3sc4c(sc5c6c(sc54)C=C(/C=c4\sc(=C(C#N)C#N)n(CC)c4=O)C64CCCCC4)c3C23CCCCC3)c1=O. The zero-order valence-corrected chi connectivity index (χ0v) is 34.4. The number of allylic oxidation sites excluding steroid dienone is 2. The summed E-state index contributed by atoms with van der Waals surface area (Å²) >= 11 is 8.17. The van der Waals surface area contributed by atoms with Gasteiger partial charge < -0.3 is 0 Å². The molecule has 2 fully saturated rings. The van der Waals surface area contributed by atoms with E-state index >= 15 is 0 Å². The minimum Gasteiger partial charge on any atom is -0.298 e. The first kappa shape index (κ1) is 36.1. The van der Waals surface area contributed by atoms with Gasteiger partial charge in [0.05, 0.1) is 27.9 Å². The molecule has 4 aliphatic carbocycles. The highest BCUT2D eigenvalue weighted by Crippen LogP contribution is 2.63. The average molecular weight is 815 g/mol. The second-order valence-corrected chi connectivity index (χ2v) is 19.9. The number of fused-ring (bicyclic) bond motifs is 9. The normalized spacial score (nSPS) is 18.6. The molecule has 2 spiro atoms. The molecule has 5 aromatic heterocycles. The molecule has 2 saturated carbocycles.